The molecule has 8 heteroatoms. The van der Waals surface area contributed by atoms with Crippen LogP contribution >= 0.6 is 0 Å². The van der Waals surface area contributed by atoms with E-state index in [4.69, 9.17) is 9.47 Å². The van der Waals surface area contributed by atoms with Gasteiger partial charge < -0.3 is 24.8 Å². The first-order chi connectivity index (χ1) is 14.7. The number of Topliss-reactive ketones (excluding diaryl/α,β-unsaturated/α-hetero) is 1. The van der Waals surface area contributed by atoms with Gasteiger partial charge in [-0.05, 0) is 30.4 Å². The van der Waals surface area contributed by atoms with Gasteiger partial charge in [0.25, 0.3) is 0 Å². The molecule has 176 valence electrons. The zero-order chi connectivity index (χ0) is 24.0. The lowest BCUT2D eigenvalue weighted by Crippen LogP contribution is -2.66. The summed E-state index contributed by atoms with van der Waals surface area (Å²) in [5, 5.41) is 33.6. The Hall–Kier alpha value is -2.03. The number of carbonyl (C=O) groups excluding carboxylic acids is 3. The van der Waals surface area contributed by atoms with E-state index in [-0.39, 0.29) is 17.3 Å². The van der Waals surface area contributed by atoms with Crippen molar-refractivity contribution in [1.82, 2.24) is 0 Å². The summed E-state index contributed by atoms with van der Waals surface area (Å²) in [6.07, 6.45) is 0.541. The molecule has 0 radical (unpaired) electrons. The first-order valence-electron chi connectivity index (χ1n) is 11.0. The fraction of sp³-hybridized carbons (Fsp3) is 0.708. The molecule has 0 aromatic heterocycles. The first kappa shape index (κ1) is 23.1. The molecule has 2 unspecified atom stereocenters. The summed E-state index contributed by atoms with van der Waals surface area (Å²) in [4.78, 5) is 38.2. The number of hydrogen-bond donors (Lipinski definition) is 3. The summed E-state index contributed by atoms with van der Waals surface area (Å²) < 4.78 is 11.3. The highest BCUT2D eigenvalue weighted by atomic mass is 16.6. The minimum absolute atomic E-state index is 0.0847. The Morgan fingerprint density at radius 1 is 1.22 bits per heavy atom. The maximum absolute atomic E-state index is 14.3. The Bertz CT molecular complexity index is 963. The zero-order valence-corrected chi connectivity index (χ0v) is 19.3. The molecule has 2 fully saturated rings. The van der Waals surface area contributed by atoms with Crippen LogP contribution < -0.4 is 0 Å². The fourth-order valence-electron chi connectivity index (χ4n) is 7.32. The second-order valence-electron chi connectivity index (χ2n) is 10.6. The third-order valence-electron chi connectivity index (χ3n) is 8.63. The van der Waals surface area contributed by atoms with Crippen LogP contribution in [0.5, 0.6) is 0 Å². The van der Waals surface area contributed by atoms with Crippen molar-refractivity contribution in [3.63, 3.8) is 0 Å². The van der Waals surface area contributed by atoms with Gasteiger partial charge in [0.1, 0.15) is 11.7 Å². The molecule has 3 N–H and O–H groups in total. The number of fused-ring (bicyclic) bond motifs is 3. The van der Waals surface area contributed by atoms with Gasteiger partial charge in [0.2, 0.25) is 0 Å². The SMILES string of the molecule is CC(=O)O[C@H]1C(C)=CC23C(=O)[C@@H](C=C(CO)[C@@H](O)[C@]12O)[C@@H]1C(C)(C)[C@]1(OC(C)=O)CC3C. The summed E-state index contributed by atoms with van der Waals surface area (Å²) in [7, 11) is 0. The van der Waals surface area contributed by atoms with Gasteiger partial charge in [-0.2, -0.15) is 0 Å². The van der Waals surface area contributed by atoms with E-state index in [0.717, 1.165) is 0 Å². The van der Waals surface area contributed by atoms with E-state index in [1.54, 1.807) is 19.9 Å². The molecule has 0 amide bonds. The summed E-state index contributed by atoms with van der Waals surface area (Å²) >= 11 is 0. The molecule has 2 saturated carbocycles. The topological polar surface area (TPSA) is 130 Å². The van der Waals surface area contributed by atoms with Crippen LogP contribution in [0.4, 0.5) is 0 Å². The zero-order valence-electron chi connectivity index (χ0n) is 19.3. The van der Waals surface area contributed by atoms with Crippen molar-refractivity contribution in [3.8, 4) is 0 Å². The van der Waals surface area contributed by atoms with Gasteiger partial charge in [0.15, 0.2) is 17.5 Å². The van der Waals surface area contributed by atoms with Gasteiger partial charge in [0.05, 0.1) is 12.0 Å². The second-order valence-corrected chi connectivity index (χ2v) is 10.6. The van der Waals surface area contributed by atoms with Gasteiger partial charge >= 0.3 is 11.9 Å². The molecule has 0 aromatic carbocycles. The predicted molar refractivity (Wildman–Crippen MR) is 112 cm³/mol. The molecule has 1 spiro atoms. The Kier molecular flexibility index (Phi) is 4.88. The highest BCUT2D eigenvalue weighted by molar-refractivity contribution is 5.96. The molecule has 0 heterocycles. The van der Waals surface area contributed by atoms with E-state index in [1.807, 2.05) is 13.8 Å². The Balaban J connectivity index is 1.99. The van der Waals surface area contributed by atoms with Crippen molar-refractivity contribution >= 4 is 17.7 Å². The predicted octanol–water partition coefficient (Wildman–Crippen LogP) is 1.07. The summed E-state index contributed by atoms with van der Waals surface area (Å²) in [5.41, 5.74) is -4.71. The molecule has 4 aliphatic rings. The van der Waals surface area contributed by atoms with Crippen molar-refractivity contribution in [2.24, 2.45) is 28.6 Å². The van der Waals surface area contributed by atoms with Crippen molar-refractivity contribution < 1.29 is 39.2 Å². The van der Waals surface area contributed by atoms with Gasteiger partial charge in [-0.1, -0.05) is 32.9 Å². The molecule has 8 nitrogen and oxygen atoms in total. The molecule has 4 aliphatic carbocycles. The third kappa shape index (κ3) is 2.46. The lowest BCUT2D eigenvalue weighted by Gasteiger charge is -2.49. The highest BCUT2D eigenvalue weighted by Crippen LogP contribution is 2.75. The number of allylic oxidation sites excluding steroid dienone is 1. The van der Waals surface area contributed by atoms with Gasteiger partial charge in [-0.25, -0.2) is 0 Å². The molecule has 2 bridgehead atoms. The molecular weight excluding hydrogens is 416 g/mol. The van der Waals surface area contributed by atoms with Crippen LogP contribution in [0.2, 0.25) is 0 Å². The van der Waals surface area contributed by atoms with Crippen LogP contribution in [0, 0.1) is 28.6 Å². The maximum Gasteiger partial charge on any atom is 0.303 e. The van der Waals surface area contributed by atoms with Crippen LogP contribution in [0.25, 0.3) is 0 Å². The summed E-state index contributed by atoms with van der Waals surface area (Å²) in [6, 6.07) is 0. The van der Waals surface area contributed by atoms with Crippen LogP contribution in [0.1, 0.15) is 48.0 Å². The Labute approximate surface area is 187 Å². The molecule has 0 aromatic rings. The van der Waals surface area contributed by atoms with E-state index in [9.17, 15) is 29.7 Å². The van der Waals surface area contributed by atoms with E-state index in [0.29, 0.717) is 12.0 Å². The lowest BCUT2D eigenvalue weighted by atomic mass is 9.59. The number of ether oxygens (including phenoxy) is 2. The Morgan fingerprint density at radius 3 is 2.38 bits per heavy atom. The van der Waals surface area contributed by atoms with Crippen molar-refractivity contribution in [1.29, 1.82) is 0 Å². The molecule has 0 aliphatic heterocycles. The van der Waals surface area contributed by atoms with Crippen molar-refractivity contribution in [2.75, 3.05) is 6.61 Å². The number of rotatable bonds is 3. The minimum Gasteiger partial charge on any atom is -0.458 e. The van der Waals surface area contributed by atoms with Crippen LogP contribution in [-0.4, -0.2) is 63.1 Å². The third-order valence-corrected chi connectivity index (χ3v) is 8.63. The quantitative estimate of drug-likeness (QED) is 0.432. The number of ketones is 1. The number of carbonyl (C=O) groups is 3. The highest BCUT2D eigenvalue weighted by Gasteiger charge is 2.83. The number of aliphatic hydroxyl groups excluding tert-OH is 2. The van der Waals surface area contributed by atoms with Crippen molar-refractivity contribution in [3.05, 3.63) is 23.3 Å². The normalized spacial score (nSPS) is 46.0. The summed E-state index contributed by atoms with van der Waals surface area (Å²) in [5.74, 6) is -3.20. The number of hydrogen-bond acceptors (Lipinski definition) is 8. The van der Waals surface area contributed by atoms with E-state index < -0.39 is 64.6 Å². The standard InChI is InChI=1S/C24H32O8/c1-11-8-22-12(2)9-23(32-14(4)27)17(21(23,5)6)16(19(22)29)7-15(10-25)18(28)24(22,30)20(11)31-13(3)26/h7-8,12,16-18,20,25,28,30H,9-10H2,1-6H3/t12?,16-,17+,18+,20-,22?,23-,24-/m0/s1. The van der Waals surface area contributed by atoms with Gasteiger partial charge in [0, 0.05) is 31.1 Å². The van der Waals surface area contributed by atoms with Gasteiger partial charge in [-0.15, -0.1) is 0 Å². The second kappa shape index (κ2) is 6.74. The molecule has 8 atom stereocenters. The fourth-order valence-corrected chi connectivity index (χ4v) is 7.32. The number of esters is 2. The van der Waals surface area contributed by atoms with E-state index >= 15 is 0 Å². The average molecular weight is 449 g/mol. The van der Waals surface area contributed by atoms with E-state index in [1.165, 1.54) is 19.9 Å². The summed E-state index contributed by atoms with van der Waals surface area (Å²) in [6.45, 7) is 9.26. The first-order valence-corrected chi connectivity index (χ1v) is 11.0. The van der Waals surface area contributed by atoms with Crippen LogP contribution in [-0.2, 0) is 23.9 Å². The molecular formula is C24H32O8. The maximum atomic E-state index is 14.3. The van der Waals surface area contributed by atoms with Crippen LogP contribution in [0.3, 0.4) is 0 Å². The molecule has 32 heavy (non-hydrogen) atoms. The largest absolute Gasteiger partial charge is 0.458 e. The van der Waals surface area contributed by atoms with Crippen LogP contribution in [0.15, 0.2) is 23.3 Å². The average Bonchev–Trinajstić information content (AvgIpc) is 3.07. The molecule has 4 rings (SSSR count). The van der Waals surface area contributed by atoms with Crippen molar-refractivity contribution in [2.45, 2.75) is 71.4 Å². The molecule has 0 saturated heterocycles. The van der Waals surface area contributed by atoms with E-state index in [2.05, 4.69) is 0 Å². The lowest BCUT2D eigenvalue weighted by molar-refractivity contribution is -0.203. The monoisotopic (exact) mass is 448 g/mol. The minimum atomic E-state index is -2.21. The van der Waals surface area contributed by atoms with Gasteiger partial charge in [-0.3, -0.25) is 14.4 Å². The Morgan fingerprint density at radius 2 is 1.84 bits per heavy atom. The smallest absolute Gasteiger partial charge is 0.303 e. The number of aliphatic hydroxyl groups is 3.